The van der Waals surface area contributed by atoms with Gasteiger partial charge in [-0.3, -0.25) is 4.79 Å². The number of carbonyl (C=O) groups is 1. The molecule has 0 radical (unpaired) electrons. The Bertz CT molecular complexity index is 430. The van der Waals surface area contributed by atoms with E-state index in [-0.39, 0.29) is 11.9 Å². The quantitative estimate of drug-likeness (QED) is 0.864. The molecule has 1 aromatic rings. The lowest BCUT2D eigenvalue weighted by Gasteiger charge is -2.20. The van der Waals surface area contributed by atoms with Gasteiger partial charge in [-0.2, -0.15) is 0 Å². The largest absolute Gasteiger partial charge is 0.481 e. The second-order valence-electron chi connectivity index (χ2n) is 4.69. The van der Waals surface area contributed by atoms with Crippen molar-refractivity contribution in [3.63, 3.8) is 0 Å². The Morgan fingerprint density at radius 1 is 1.37 bits per heavy atom. The molecule has 0 heterocycles. The van der Waals surface area contributed by atoms with E-state index in [1.807, 2.05) is 13.0 Å². The van der Waals surface area contributed by atoms with Crippen LogP contribution in [0.2, 0.25) is 5.02 Å². The lowest BCUT2D eigenvalue weighted by Crippen LogP contribution is -2.42. The van der Waals surface area contributed by atoms with E-state index >= 15 is 0 Å². The van der Waals surface area contributed by atoms with Crippen molar-refractivity contribution in [2.24, 2.45) is 0 Å². The van der Waals surface area contributed by atoms with Crippen molar-refractivity contribution in [1.29, 1.82) is 0 Å². The highest BCUT2D eigenvalue weighted by atomic mass is 35.5. The molecule has 1 atom stereocenters. The van der Waals surface area contributed by atoms with Crippen LogP contribution in [0.25, 0.3) is 0 Å². The van der Waals surface area contributed by atoms with Gasteiger partial charge in [-0.25, -0.2) is 0 Å². The molecule has 0 aliphatic rings. The van der Waals surface area contributed by atoms with E-state index in [9.17, 15) is 4.79 Å². The minimum absolute atomic E-state index is 0.0805. The molecule has 1 amide bonds. The van der Waals surface area contributed by atoms with Crippen molar-refractivity contribution >= 4 is 17.5 Å². The molecule has 0 saturated heterocycles. The number of aryl methyl sites for hydroxylation is 1. The van der Waals surface area contributed by atoms with Crippen LogP contribution in [0.3, 0.4) is 0 Å². The van der Waals surface area contributed by atoms with Crippen LogP contribution >= 0.6 is 11.6 Å². The molecular formula is C15H22ClNO2. The summed E-state index contributed by atoms with van der Waals surface area (Å²) in [6.07, 6.45) is 1.34. The summed E-state index contributed by atoms with van der Waals surface area (Å²) in [6.45, 7) is 7.78. The fourth-order valence-corrected chi connectivity index (χ4v) is 2.03. The number of hydrogen-bond acceptors (Lipinski definition) is 2. The Hall–Kier alpha value is -1.22. The van der Waals surface area contributed by atoms with Gasteiger partial charge >= 0.3 is 0 Å². The first-order chi connectivity index (χ1) is 8.97. The van der Waals surface area contributed by atoms with Gasteiger partial charge in [0.1, 0.15) is 5.75 Å². The monoisotopic (exact) mass is 283 g/mol. The zero-order valence-corrected chi connectivity index (χ0v) is 12.8. The zero-order valence-electron chi connectivity index (χ0n) is 12.0. The van der Waals surface area contributed by atoms with Crippen LogP contribution in [0.1, 0.15) is 39.2 Å². The summed E-state index contributed by atoms with van der Waals surface area (Å²) in [6, 6.07) is 5.58. The van der Waals surface area contributed by atoms with Crippen LogP contribution in [-0.2, 0) is 4.79 Å². The van der Waals surface area contributed by atoms with Crippen molar-refractivity contribution in [2.75, 3.05) is 0 Å². The normalized spacial score (nSPS) is 12.3. The maximum Gasteiger partial charge on any atom is 0.260 e. The van der Waals surface area contributed by atoms with E-state index in [1.54, 1.807) is 19.1 Å². The Labute approximate surface area is 120 Å². The average molecular weight is 284 g/mol. The number of benzene rings is 1. The van der Waals surface area contributed by atoms with E-state index < -0.39 is 6.10 Å². The van der Waals surface area contributed by atoms with E-state index in [4.69, 9.17) is 16.3 Å². The molecule has 0 bridgehead atoms. The summed E-state index contributed by atoms with van der Waals surface area (Å²) in [7, 11) is 0. The summed E-state index contributed by atoms with van der Waals surface area (Å²) in [5.41, 5.74) is 0.926. The van der Waals surface area contributed by atoms with Gasteiger partial charge in [-0.1, -0.05) is 25.4 Å². The Morgan fingerprint density at radius 3 is 2.53 bits per heavy atom. The number of hydrogen-bond donors (Lipinski definition) is 1. The first-order valence-corrected chi connectivity index (χ1v) is 7.08. The molecule has 1 unspecified atom stereocenters. The van der Waals surface area contributed by atoms with Crippen molar-refractivity contribution in [3.05, 3.63) is 28.8 Å². The molecule has 0 fully saturated rings. The second-order valence-corrected chi connectivity index (χ2v) is 5.13. The Balaban J connectivity index is 2.63. The molecule has 0 aliphatic carbocycles. The highest BCUT2D eigenvalue weighted by Gasteiger charge is 2.18. The van der Waals surface area contributed by atoms with Crippen LogP contribution in [0.5, 0.6) is 5.75 Å². The Morgan fingerprint density at radius 2 is 2.00 bits per heavy atom. The van der Waals surface area contributed by atoms with Gasteiger partial charge in [0.05, 0.1) is 0 Å². The average Bonchev–Trinajstić information content (AvgIpc) is 2.38. The highest BCUT2D eigenvalue weighted by molar-refractivity contribution is 6.30. The molecular weight excluding hydrogens is 262 g/mol. The number of rotatable bonds is 6. The van der Waals surface area contributed by atoms with Gasteiger partial charge < -0.3 is 10.1 Å². The van der Waals surface area contributed by atoms with Gasteiger partial charge in [0, 0.05) is 11.1 Å². The van der Waals surface area contributed by atoms with Gasteiger partial charge in [-0.05, 0) is 50.5 Å². The zero-order chi connectivity index (χ0) is 14.4. The molecule has 19 heavy (non-hydrogen) atoms. The fourth-order valence-electron chi connectivity index (χ4n) is 1.80. The number of ether oxygens (including phenoxy) is 1. The van der Waals surface area contributed by atoms with Crippen molar-refractivity contribution in [1.82, 2.24) is 5.32 Å². The van der Waals surface area contributed by atoms with Gasteiger partial charge in [0.15, 0.2) is 6.10 Å². The number of carbonyl (C=O) groups excluding carboxylic acids is 1. The van der Waals surface area contributed by atoms with E-state index in [0.717, 1.165) is 18.4 Å². The van der Waals surface area contributed by atoms with Crippen LogP contribution in [0.4, 0.5) is 0 Å². The molecule has 1 rings (SSSR count). The van der Waals surface area contributed by atoms with Crippen molar-refractivity contribution in [3.8, 4) is 5.75 Å². The van der Waals surface area contributed by atoms with E-state index in [2.05, 4.69) is 19.2 Å². The van der Waals surface area contributed by atoms with E-state index in [1.165, 1.54) is 0 Å². The fraction of sp³-hybridized carbons (Fsp3) is 0.533. The van der Waals surface area contributed by atoms with E-state index in [0.29, 0.717) is 10.8 Å². The summed E-state index contributed by atoms with van der Waals surface area (Å²) in [5.74, 6) is 0.611. The minimum atomic E-state index is -0.513. The molecule has 1 aromatic carbocycles. The second kappa shape index (κ2) is 7.39. The molecule has 0 spiro atoms. The minimum Gasteiger partial charge on any atom is -0.481 e. The standard InChI is InChI=1S/C15H22ClNO2/c1-5-13(6-2)17-15(18)11(4)19-14-8-7-12(16)9-10(14)3/h7-9,11,13H,5-6H2,1-4H3,(H,17,18). The number of halogens is 1. The molecule has 1 N–H and O–H groups in total. The summed E-state index contributed by atoms with van der Waals surface area (Å²) in [5, 5.41) is 3.64. The maximum absolute atomic E-state index is 12.0. The molecule has 0 aliphatic heterocycles. The molecule has 4 heteroatoms. The van der Waals surface area contributed by atoms with Gasteiger partial charge in [0.25, 0.3) is 5.91 Å². The molecule has 0 saturated carbocycles. The number of amides is 1. The van der Waals surface area contributed by atoms with Crippen LogP contribution in [0, 0.1) is 6.92 Å². The van der Waals surface area contributed by atoms with Gasteiger partial charge in [-0.15, -0.1) is 0 Å². The first-order valence-electron chi connectivity index (χ1n) is 6.71. The molecule has 0 aromatic heterocycles. The third-order valence-corrected chi connectivity index (χ3v) is 3.38. The van der Waals surface area contributed by atoms with Crippen LogP contribution in [0.15, 0.2) is 18.2 Å². The van der Waals surface area contributed by atoms with Crippen LogP contribution in [-0.4, -0.2) is 18.1 Å². The summed E-state index contributed by atoms with van der Waals surface area (Å²) >= 11 is 5.89. The topological polar surface area (TPSA) is 38.3 Å². The lowest BCUT2D eigenvalue weighted by atomic mass is 10.1. The maximum atomic E-state index is 12.0. The van der Waals surface area contributed by atoms with Crippen molar-refractivity contribution < 1.29 is 9.53 Å². The smallest absolute Gasteiger partial charge is 0.260 e. The number of nitrogens with one attached hydrogen (secondary N) is 1. The SMILES string of the molecule is CCC(CC)NC(=O)C(C)Oc1ccc(Cl)cc1C. The van der Waals surface area contributed by atoms with Crippen LogP contribution < -0.4 is 10.1 Å². The molecule has 106 valence electrons. The first kappa shape index (κ1) is 15.8. The third-order valence-electron chi connectivity index (χ3n) is 3.14. The van der Waals surface area contributed by atoms with Crippen molar-refractivity contribution in [2.45, 2.75) is 52.7 Å². The molecule has 3 nitrogen and oxygen atoms in total. The predicted molar refractivity (Wildman–Crippen MR) is 78.8 cm³/mol. The summed E-state index contributed by atoms with van der Waals surface area (Å²) in [4.78, 5) is 12.0. The third kappa shape index (κ3) is 4.75. The highest BCUT2D eigenvalue weighted by Crippen LogP contribution is 2.22. The summed E-state index contributed by atoms with van der Waals surface area (Å²) < 4.78 is 5.68. The predicted octanol–water partition coefficient (Wildman–Crippen LogP) is 3.72. The van der Waals surface area contributed by atoms with Gasteiger partial charge in [0.2, 0.25) is 0 Å². The Kier molecular flexibility index (Phi) is 6.16. The lowest BCUT2D eigenvalue weighted by molar-refractivity contribution is -0.128.